The van der Waals surface area contributed by atoms with Gasteiger partial charge in [-0.15, -0.1) is 36.2 Å². The van der Waals surface area contributed by atoms with Gasteiger partial charge in [0.05, 0.1) is 12.8 Å². The van der Waals surface area contributed by atoms with Crippen LogP contribution in [0.2, 0.25) is 0 Å². The number of rotatable bonds is 3. The van der Waals surface area contributed by atoms with Crippen LogP contribution >= 0.6 is 36.2 Å². The summed E-state index contributed by atoms with van der Waals surface area (Å²) in [5.41, 5.74) is 2.58. The second kappa shape index (κ2) is 8.34. The number of halogens is 2. The third kappa shape index (κ3) is 3.68. The molecule has 2 aliphatic heterocycles. The predicted octanol–water partition coefficient (Wildman–Crippen LogP) is 4.35. The summed E-state index contributed by atoms with van der Waals surface area (Å²) in [6.07, 6.45) is 0. The van der Waals surface area contributed by atoms with Crippen molar-refractivity contribution in [2.75, 3.05) is 38.7 Å². The Hall–Kier alpha value is -1.01. The third-order valence-corrected chi connectivity index (χ3v) is 6.77. The normalized spacial score (nSPS) is 24.8. The first-order chi connectivity index (χ1) is 11.6. The van der Waals surface area contributed by atoms with Crippen LogP contribution in [-0.4, -0.2) is 43.7 Å². The molecule has 144 valence electrons. The highest BCUT2D eigenvalue weighted by molar-refractivity contribution is 7.15. The second-order valence-electron chi connectivity index (χ2n) is 7.12. The van der Waals surface area contributed by atoms with E-state index in [9.17, 15) is 0 Å². The molecule has 4 nitrogen and oxygen atoms in total. The van der Waals surface area contributed by atoms with Gasteiger partial charge in [-0.3, -0.25) is 4.90 Å². The number of hydrogen-bond acceptors (Lipinski definition) is 5. The Balaban J connectivity index is 0.00000121. The number of aromatic nitrogens is 1. The summed E-state index contributed by atoms with van der Waals surface area (Å²) < 4.78 is 5.30. The zero-order chi connectivity index (χ0) is 16.8. The number of anilines is 1. The Morgan fingerprint density at radius 3 is 2.35 bits per heavy atom. The van der Waals surface area contributed by atoms with E-state index >= 15 is 0 Å². The number of benzene rings is 1. The number of aryl methyl sites for hydroxylation is 2. The average Bonchev–Trinajstić information content (AvgIpc) is 3.20. The van der Waals surface area contributed by atoms with Crippen LogP contribution < -0.4 is 9.64 Å². The molecule has 3 heterocycles. The Bertz CT molecular complexity index is 717. The number of likely N-dealkylation sites (tertiary alicyclic amines) is 1. The third-order valence-electron chi connectivity index (χ3n) is 5.64. The minimum atomic E-state index is 0. The number of ether oxygens (including phenoxy) is 1. The van der Waals surface area contributed by atoms with Gasteiger partial charge in [0, 0.05) is 36.5 Å². The molecule has 0 aliphatic carbocycles. The molecule has 0 unspecified atom stereocenters. The lowest BCUT2D eigenvalue weighted by atomic mass is 9.89. The second-order valence-corrected chi connectivity index (χ2v) is 8.31. The molecule has 0 amide bonds. The largest absolute Gasteiger partial charge is 0.497 e. The molecule has 2 saturated heterocycles. The van der Waals surface area contributed by atoms with Crippen LogP contribution in [0.1, 0.15) is 22.2 Å². The standard InChI is InChI=1S/C19H25N3OS.2ClH/c1-12-13(2)24-19(20-12)22-10-15-9-21(3)18(17(15)11-22)14-5-7-16(23-4)8-6-14;;/h5-8,15,17-18H,9-11H2,1-4H3;2*1H/t15-,17+,18-;;/m0../s1. The van der Waals surface area contributed by atoms with Crippen LogP contribution in [0.25, 0.3) is 0 Å². The first-order valence-corrected chi connectivity index (χ1v) is 9.41. The quantitative estimate of drug-likeness (QED) is 0.744. The van der Waals surface area contributed by atoms with Crippen LogP contribution in [0, 0.1) is 25.7 Å². The van der Waals surface area contributed by atoms with E-state index < -0.39 is 0 Å². The number of methoxy groups -OCH3 is 1. The highest BCUT2D eigenvalue weighted by Gasteiger charge is 2.46. The highest BCUT2D eigenvalue weighted by atomic mass is 35.5. The molecule has 0 spiro atoms. The first-order valence-electron chi connectivity index (χ1n) is 8.60. The van der Waals surface area contributed by atoms with Crippen molar-refractivity contribution >= 4 is 41.3 Å². The number of thiazole rings is 1. The van der Waals surface area contributed by atoms with Crippen LogP contribution in [0.3, 0.4) is 0 Å². The van der Waals surface area contributed by atoms with Gasteiger partial charge in [-0.2, -0.15) is 0 Å². The van der Waals surface area contributed by atoms with Crippen molar-refractivity contribution in [3.05, 3.63) is 40.4 Å². The Labute approximate surface area is 172 Å². The molecule has 4 rings (SSSR count). The smallest absolute Gasteiger partial charge is 0.185 e. The summed E-state index contributed by atoms with van der Waals surface area (Å²) in [6.45, 7) is 7.69. The zero-order valence-electron chi connectivity index (χ0n) is 15.6. The van der Waals surface area contributed by atoms with Crippen molar-refractivity contribution in [1.82, 2.24) is 9.88 Å². The molecule has 0 radical (unpaired) electrons. The molecule has 0 N–H and O–H groups in total. The van der Waals surface area contributed by atoms with E-state index in [1.54, 1.807) is 7.11 Å². The average molecular weight is 416 g/mol. The summed E-state index contributed by atoms with van der Waals surface area (Å²) in [5.74, 6) is 2.33. The van der Waals surface area contributed by atoms with Crippen molar-refractivity contribution in [3.63, 3.8) is 0 Å². The van der Waals surface area contributed by atoms with Crippen LogP contribution in [-0.2, 0) is 0 Å². The Morgan fingerprint density at radius 1 is 1.08 bits per heavy atom. The molecule has 3 atom stereocenters. The summed E-state index contributed by atoms with van der Waals surface area (Å²) in [4.78, 5) is 11.1. The van der Waals surface area contributed by atoms with E-state index in [2.05, 4.69) is 55.0 Å². The van der Waals surface area contributed by atoms with Crippen LogP contribution in [0.5, 0.6) is 5.75 Å². The summed E-state index contributed by atoms with van der Waals surface area (Å²) >= 11 is 1.84. The molecule has 7 heteroatoms. The Kier molecular flexibility index (Phi) is 6.83. The molecule has 0 saturated carbocycles. The van der Waals surface area contributed by atoms with Gasteiger partial charge in [0.1, 0.15) is 5.75 Å². The van der Waals surface area contributed by atoms with Gasteiger partial charge in [0.25, 0.3) is 0 Å². The molecule has 2 aliphatic rings. The fourth-order valence-corrected chi connectivity index (χ4v) is 5.24. The molecular weight excluding hydrogens is 389 g/mol. The lowest BCUT2D eigenvalue weighted by Gasteiger charge is -2.26. The maximum atomic E-state index is 5.30. The molecule has 0 bridgehead atoms. The van der Waals surface area contributed by atoms with E-state index in [4.69, 9.17) is 9.72 Å². The first kappa shape index (κ1) is 21.3. The summed E-state index contributed by atoms with van der Waals surface area (Å²) in [5, 5.41) is 1.20. The molecule has 2 aromatic rings. The monoisotopic (exact) mass is 415 g/mol. The molecule has 1 aromatic heterocycles. The van der Waals surface area contributed by atoms with Gasteiger partial charge in [-0.05, 0) is 44.5 Å². The van der Waals surface area contributed by atoms with Gasteiger partial charge in [-0.25, -0.2) is 4.98 Å². The van der Waals surface area contributed by atoms with Crippen molar-refractivity contribution < 1.29 is 4.74 Å². The highest BCUT2D eigenvalue weighted by Crippen LogP contribution is 2.45. The van der Waals surface area contributed by atoms with Crippen LogP contribution in [0.15, 0.2) is 24.3 Å². The number of hydrogen-bond donors (Lipinski definition) is 0. The summed E-state index contributed by atoms with van der Waals surface area (Å²) in [6, 6.07) is 9.10. The van der Waals surface area contributed by atoms with E-state index in [-0.39, 0.29) is 24.8 Å². The van der Waals surface area contributed by atoms with E-state index in [0.29, 0.717) is 12.0 Å². The molecule has 26 heavy (non-hydrogen) atoms. The SMILES string of the molecule is COc1ccc([C@H]2[C@@H]3CN(c4nc(C)c(C)s4)C[C@@H]3CN2C)cc1.Cl.Cl. The Morgan fingerprint density at radius 2 is 1.77 bits per heavy atom. The van der Waals surface area contributed by atoms with Gasteiger partial charge in [0.15, 0.2) is 5.13 Å². The summed E-state index contributed by atoms with van der Waals surface area (Å²) in [7, 11) is 3.98. The molecular formula is C19H27Cl2N3OS. The van der Waals surface area contributed by atoms with E-state index in [1.165, 1.54) is 27.8 Å². The lowest BCUT2D eigenvalue weighted by molar-refractivity contribution is 0.279. The molecule has 2 fully saturated rings. The minimum Gasteiger partial charge on any atom is -0.497 e. The van der Waals surface area contributed by atoms with Crippen LogP contribution in [0.4, 0.5) is 5.13 Å². The topological polar surface area (TPSA) is 28.6 Å². The van der Waals surface area contributed by atoms with Gasteiger partial charge < -0.3 is 9.64 Å². The van der Waals surface area contributed by atoms with Crippen molar-refractivity contribution in [2.45, 2.75) is 19.9 Å². The predicted molar refractivity (Wildman–Crippen MR) is 114 cm³/mol. The fraction of sp³-hybridized carbons (Fsp3) is 0.526. The minimum absolute atomic E-state index is 0. The van der Waals surface area contributed by atoms with E-state index in [0.717, 1.165) is 24.8 Å². The maximum Gasteiger partial charge on any atom is 0.185 e. The maximum absolute atomic E-state index is 5.30. The lowest BCUT2D eigenvalue weighted by Crippen LogP contribution is -2.29. The van der Waals surface area contributed by atoms with Crippen molar-refractivity contribution in [3.8, 4) is 5.75 Å². The van der Waals surface area contributed by atoms with Crippen molar-refractivity contribution in [1.29, 1.82) is 0 Å². The van der Waals surface area contributed by atoms with E-state index in [1.807, 2.05) is 11.3 Å². The molecule has 1 aromatic carbocycles. The fourth-order valence-electron chi connectivity index (χ4n) is 4.31. The zero-order valence-corrected chi connectivity index (χ0v) is 18.1. The van der Waals surface area contributed by atoms with Gasteiger partial charge in [-0.1, -0.05) is 12.1 Å². The van der Waals surface area contributed by atoms with Gasteiger partial charge in [0.2, 0.25) is 0 Å². The number of nitrogens with zero attached hydrogens (tertiary/aromatic N) is 3. The number of fused-ring (bicyclic) bond motifs is 1. The van der Waals surface area contributed by atoms with Crippen molar-refractivity contribution in [2.24, 2.45) is 11.8 Å². The van der Waals surface area contributed by atoms with Gasteiger partial charge >= 0.3 is 0 Å².